The number of aryl methyl sites for hydroxylation is 2. The summed E-state index contributed by atoms with van der Waals surface area (Å²) in [6.45, 7) is 5.72. The predicted octanol–water partition coefficient (Wildman–Crippen LogP) is 4.02. The molecule has 2 aromatic rings. The number of hydrogen-bond acceptors (Lipinski definition) is 3. The Labute approximate surface area is 125 Å². The van der Waals surface area contributed by atoms with E-state index in [0.717, 1.165) is 22.4 Å². The van der Waals surface area contributed by atoms with Crippen LogP contribution in [0, 0.1) is 13.8 Å². The third-order valence-corrected chi connectivity index (χ3v) is 3.58. The molecule has 1 unspecified atom stereocenters. The molecular weight excluding hydrogens is 264 g/mol. The van der Waals surface area contributed by atoms with Crippen LogP contribution in [-0.4, -0.2) is 13.1 Å². The van der Waals surface area contributed by atoms with Crippen LogP contribution in [0.15, 0.2) is 42.5 Å². The topological polar surface area (TPSA) is 35.5 Å². The molecule has 0 aliphatic carbocycles. The second-order valence-electron chi connectivity index (χ2n) is 5.14. The van der Waals surface area contributed by atoms with E-state index in [1.807, 2.05) is 63.2 Å². The fourth-order valence-electron chi connectivity index (χ4n) is 2.18. The largest absolute Gasteiger partial charge is 0.497 e. The molecule has 0 bridgehead atoms. The van der Waals surface area contributed by atoms with Crippen LogP contribution < -0.4 is 9.47 Å². The summed E-state index contributed by atoms with van der Waals surface area (Å²) in [6, 6.07) is 13.3. The Balaban J connectivity index is 2.15. The molecule has 0 saturated carbocycles. The molecule has 2 aromatic carbocycles. The van der Waals surface area contributed by atoms with Crippen molar-refractivity contribution >= 4 is 5.97 Å². The molecule has 0 radical (unpaired) electrons. The number of para-hydroxylation sites is 1. The molecule has 3 heteroatoms. The van der Waals surface area contributed by atoms with Crippen molar-refractivity contribution in [2.75, 3.05) is 7.11 Å². The van der Waals surface area contributed by atoms with Crippen molar-refractivity contribution in [2.45, 2.75) is 26.7 Å². The van der Waals surface area contributed by atoms with Crippen LogP contribution in [0.4, 0.5) is 0 Å². The second-order valence-corrected chi connectivity index (χ2v) is 5.14. The quantitative estimate of drug-likeness (QED) is 0.628. The van der Waals surface area contributed by atoms with Crippen LogP contribution in [0.25, 0.3) is 0 Å². The minimum atomic E-state index is -0.324. The number of rotatable bonds is 4. The fraction of sp³-hybridized carbons (Fsp3) is 0.278. The molecule has 21 heavy (non-hydrogen) atoms. The monoisotopic (exact) mass is 284 g/mol. The number of carbonyl (C=O) groups is 1. The Morgan fingerprint density at radius 2 is 1.57 bits per heavy atom. The summed E-state index contributed by atoms with van der Waals surface area (Å²) in [5.74, 6) is 0.851. The summed E-state index contributed by atoms with van der Waals surface area (Å²) in [6.07, 6.45) is 0. The maximum absolute atomic E-state index is 12.3. The first kappa shape index (κ1) is 15.1. The average Bonchev–Trinajstić information content (AvgIpc) is 2.50. The van der Waals surface area contributed by atoms with Gasteiger partial charge in [-0.05, 0) is 49.6 Å². The van der Waals surface area contributed by atoms with Crippen molar-refractivity contribution in [1.29, 1.82) is 0 Å². The molecule has 3 nitrogen and oxygen atoms in total. The summed E-state index contributed by atoms with van der Waals surface area (Å²) < 4.78 is 10.7. The number of hydrogen-bond donors (Lipinski definition) is 0. The molecule has 0 aliphatic heterocycles. The number of carbonyl (C=O) groups excluding carboxylic acids is 1. The summed E-state index contributed by atoms with van der Waals surface area (Å²) in [5.41, 5.74) is 2.84. The van der Waals surface area contributed by atoms with Gasteiger partial charge in [-0.25, -0.2) is 0 Å². The maximum Gasteiger partial charge on any atom is 0.318 e. The van der Waals surface area contributed by atoms with Crippen molar-refractivity contribution < 1.29 is 14.3 Å². The predicted molar refractivity (Wildman–Crippen MR) is 83.0 cm³/mol. The van der Waals surface area contributed by atoms with E-state index in [9.17, 15) is 4.79 Å². The van der Waals surface area contributed by atoms with Crippen LogP contribution in [0.5, 0.6) is 11.5 Å². The van der Waals surface area contributed by atoms with Gasteiger partial charge in [0.15, 0.2) is 0 Å². The van der Waals surface area contributed by atoms with Crippen LogP contribution in [0.3, 0.4) is 0 Å². The molecule has 0 heterocycles. The van der Waals surface area contributed by atoms with Crippen molar-refractivity contribution in [3.05, 3.63) is 59.2 Å². The van der Waals surface area contributed by atoms with Crippen LogP contribution in [0.2, 0.25) is 0 Å². The smallest absolute Gasteiger partial charge is 0.318 e. The highest BCUT2D eigenvalue weighted by atomic mass is 16.5. The summed E-state index contributed by atoms with van der Waals surface area (Å²) in [5, 5.41) is 0. The standard InChI is InChI=1S/C18H20O3/c1-12-6-5-7-13(2)17(12)21-18(19)14(3)15-8-10-16(20-4)11-9-15/h5-11,14H,1-4H3. The van der Waals surface area contributed by atoms with E-state index in [-0.39, 0.29) is 11.9 Å². The molecule has 0 amide bonds. The lowest BCUT2D eigenvalue weighted by molar-refractivity contribution is -0.135. The minimum Gasteiger partial charge on any atom is -0.497 e. The fourth-order valence-corrected chi connectivity index (χ4v) is 2.18. The Morgan fingerprint density at radius 1 is 1.00 bits per heavy atom. The van der Waals surface area contributed by atoms with Crippen LogP contribution in [-0.2, 0) is 4.79 Å². The highest BCUT2D eigenvalue weighted by molar-refractivity contribution is 5.80. The lowest BCUT2D eigenvalue weighted by Gasteiger charge is -2.15. The van der Waals surface area contributed by atoms with E-state index in [2.05, 4.69) is 0 Å². The molecule has 0 aromatic heterocycles. The Morgan fingerprint density at radius 3 is 2.10 bits per heavy atom. The zero-order chi connectivity index (χ0) is 15.4. The van der Waals surface area contributed by atoms with Gasteiger partial charge in [0.05, 0.1) is 13.0 Å². The lowest BCUT2D eigenvalue weighted by atomic mass is 10.0. The van der Waals surface area contributed by atoms with Gasteiger partial charge >= 0.3 is 5.97 Å². The Hall–Kier alpha value is -2.29. The third-order valence-electron chi connectivity index (χ3n) is 3.58. The molecule has 0 saturated heterocycles. The van der Waals surface area contributed by atoms with Crippen molar-refractivity contribution in [3.63, 3.8) is 0 Å². The van der Waals surface area contributed by atoms with E-state index in [0.29, 0.717) is 5.75 Å². The molecule has 2 rings (SSSR count). The third kappa shape index (κ3) is 3.43. The highest BCUT2D eigenvalue weighted by Crippen LogP contribution is 2.26. The van der Waals surface area contributed by atoms with Crippen LogP contribution in [0.1, 0.15) is 29.5 Å². The Bertz CT molecular complexity index is 609. The second kappa shape index (κ2) is 6.44. The summed E-state index contributed by atoms with van der Waals surface area (Å²) >= 11 is 0. The number of methoxy groups -OCH3 is 1. The number of benzene rings is 2. The van der Waals surface area contributed by atoms with Crippen molar-refractivity contribution in [2.24, 2.45) is 0 Å². The lowest BCUT2D eigenvalue weighted by Crippen LogP contribution is -2.17. The van der Waals surface area contributed by atoms with Gasteiger partial charge in [0.2, 0.25) is 0 Å². The number of esters is 1. The van der Waals surface area contributed by atoms with Crippen LogP contribution >= 0.6 is 0 Å². The van der Waals surface area contributed by atoms with E-state index in [1.54, 1.807) is 7.11 Å². The molecule has 0 aliphatic rings. The maximum atomic E-state index is 12.3. The first-order chi connectivity index (χ1) is 10.0. The summed E-state index contributed by atoms with van der Waals surface area (Å²) in [4.78, 5) is 12.3. The Kier molecular flexibility index (Phi) is 4.63. The van der Waals surface area contributed by atoms with E-state index >= 15 is 0 Å². The molecule has 0 fully saturated rings. The van der Waals surface area contributed by atoms with E-state index in [1.165, 1.54) is 0 Å². The van der Waals surface area contributed by atoms with Gasteiger partial charge in [0.1, 0.15) is 11.5 Å². The normalized spacial score (nSPS) is 11.8. The van der Waals surface area contributed by atoms with Gasteiger partial charge in [-0.15, -0.1) is 0 Å². The molecule has 0 N–H and O–H groups in total. The molecule has 0 spiro atoms. The van der Waals surface area contributed by atoms with Gasteiger partial charge in [-0.2, -0.15) is 0 Å². The zero-order valence-electron chi connectivity index (χ0n) is 12.8. The van der Waals surface area contributed by atoms with E-state index < -0.39 is 0 Å². The first-order valence-electron chi connectivity index (χ1n) is 6.94. The molecule has 110 valence electrons. The minimum absolute atomic E-state index is 0.252. The number of ether oxygens (including phenoxy) is 2. The van der Waals surface area contributed by atoms with Crippen molar-refractivity contribution in [3.8, 4) is 11.5 Å². The van der Waals surface area contributed by atoms with E-state index in [4.69, 9.17) is 9.47 Å². The van der Waals surface area contributed by atoms with Gasteiger partial charge in [-0.1, -0.05) is 30.3 Å². The first-order valence-corrected chi connectivity index (χ1v) is 6.94. The SMILES string of the molecule is COc1ccc(C(C)C(=O)Oc2c(C)cccc2C)cc1. The average molecular weight is 284 g/mol. The van der Waals surface area contributed by atoms with Gasteiger partial charge in [0.25, 0.3) is 0 Å². The summed E-state index contributed by atoms with van der Waals surface area (Å²) in [7, 11) is 1.62. The van der Waals surface area contributed by atoms with Crippen molar-refractivity contribution in [1.82, 2.24) is 0 Å². The molecule has 1 atom stereocenters. The van der Waals surface area contributed by atoms with Gasteiger partial charge in [0, 0.05) is 0 Å². The molecular formula is C18H20O3. The highest BCUT2D eigenvalue weighted by Gasteiger charge is 2.19. The van der Waals surface area contributed by atoms with Gasteiger partial charge < -0.3 is 9.47 Å². The van der Waals surface area contributed by atoms with Gasteiger partial charge in [-0.3, -0.25) is 4.79 Å². The zero-order valence-corrected chi connectivity index (χ0v) is 12.8.